The van der Waals surface area contributed by atoms with Gasteiger partial charge in [0.25, 0.3) is 0 Å². The van der Waals surface area contributed by atoms with E-state index in [0.717, 1.165) is 16.7 Å². The van der Waals surface area contributed by atoms with Gasteiger partial charge in [-0.25, -0.2) is 5.48 Å². The molecule has 0 atom stereocenters. The molecule has 0 fully saturated rings. The van der Waals surface area contributed by atoms with Crippen molar-refractivity contribution in [2.24, 2.45) is 0 Å². The van der Waals surface area contributed by atoms with Crippen LogP contribution < -0.4 is 5.48 Å². The van der Waals surface area contributed by atoms with Crippen LogP contribution in [0.25, 0.3) is 0 Å². The molecule has 0 saturated carbocycles. The first-order valence-corrected chi connectivity index (χ1v) is 3.81. The third kappa shape index (κ3) is 1.75. The predicted molar refractivity (Wildman–Crippen MR) is 46.2 cm³/mol. The van der Waals surface area contributed by atoms with Crippen molar-refractivity contribution < 1.29 is 10.3 Å². The Hall–Kier alpha value is -1.06. The van der Waals surface area contributed by atoms with Gasteiger partial charge < -0.3 is 10.3 Å². The van der Waals surface area contributed by atoms with E-state index in [4.69, 9.17) is 5.21 Å². The molecule has 1 aromatic rings. The molecular formula is C9H13NO2. The number of hydrogen-bond donors (Lipinski definition) is 3. The Kier molecular flexibility index (Phi) is 2.68. The fraction of sp³-hybridized carbons (Fsp3) is 0.333. The Bertz CT molecular complexity index is 261. The Labute approximate surface area is 71.6 Å². The number of benzene rings is 1. The zero-order valence-corrected chi connectivity index (χ0v) is 7.26. The minimum atomic E-state index is 0.330. The molecule has 0 amide bonds. The van der Waals surface area contributed by atoms with Gasteiger partial charge in [-0.15, -0.1) is 0 Å². The van der Waals surface area contributed by atoms with E-state index in [1.165, 1.54) is 0 Å². The topological polar surface area (TPSA) is 52.5 Å². The lowest BCUT2D eigenvalue weighted by Crippen LogP contribution is -2.06. The maximum atomic E-state index is 9.42. The number of nitrogens with one attached hydrogen (secondary N) is 1. The van der Waals surface area contributed by atoms with Gasteiger partial charge in [-0.3, -0.25) is 0 Å². The van der Waals surface area contributed by atoms with E-state index in [-0.39, 0.29) is 0 Å². The first-order valence-electron chi connectivity index (χ1n) is 3.81. The maximum absolute atomic E-state index is 9.42. The molecule has 3 nitrogen and oxygen atoms in total. The van der Waals surface area contributed by atoms with E-state index in [2.05, 4.69) is 5.48 Å². The van der Waals surface area contributed by atoms with Crippen molar-refractivity contribution in [2.45, 2.75) is 20.4 Å². The second kappa shape index (κ2) is 3.56. The third-order valence-electron chi connectivity index (χ3n) is 1.83. The fourth-order valence-corrected chi connectivity index (χ4v) is 1.24. The molecule has 0 aliphatic carbocycles. The van der Waals surface area contributed by atoms with E-state index in [1.807, 2.05) is 26.0 Å². The fourth-order valence-electron chi connectivity index (χ4n) is 1.24. The Balaban J connectivity index is 3.04. The number of hydrogen-bond acceptors (Lipinski definition) is 3. The van der Waals surface area contributed by atoms with E-state index >= 15 is 0 Å². The molecule has 0 heterocycles. The minimum Gasteiger partial charge on any atom is -0.507 e. The smallest absolute Gasteiger partial charge is 0.121 e. The van der Waals surface area contributed by atoms with Crippen LogP contribution in [0.3, 0.4) is 0 Å². The molecular weight excluding hydrogens is 154 g/mol. The average Bonchev–Trinajstić information content (AvgIpc) is 2.01. The van der Waals surface area contributed by atoms with Crippen LogP contribution >= 0.6 is 0 Å². The van der Waals surface area contributed by atoms with Crippen LogP contribution in [0.4, 0.5) is 0 Å². The largest absolute Gasteiger partial charge is 0.507 e. The van der Waals surface area contributed by atoms with Gasteiger partial charge in [-0.2, -0.15) is 0 Å². The zero-order valence-electron chi connectivity index (χ0n) is 7.26. The lowest BCUT2D eigenvalue weighted by Gasteiger charge is -2.06. The molecule has 0 aliphatic heterocycles. The standard InChI is InChI=1S/C9H13NO2/c1-6-3-8(5-10-12)4-7(2)9(6)11/h3-4,10-12H,5H2,1-2H3. The molecule has 0 radical (unpaired) electrons. The first kappa shape index (κ1) is 9.03. The van der Waals surface area contributed by atoms with Gasteiger partial charge in [-0.1, -0.05) is 12.1 Å². The Morgan fingerprint density at radius 2 is 1.75 bits per heavy atom. The van der Waals surface area contributed by atoms with Crippen molar-refractivity contribution in [3.05, 3.63) is 28.8 Å². The SMILES string of the molecule is Cc1cc(CNO)cc(C)c1O. The number of phenolic OH excluding ortho intramolecular Hbond substituents is 1. The summed E-state index contributed by atoms with van der Waals surface area (Å²) in [5.74, 6) is 0.330. The summed E-state index contributed by atoms with van der Waals surface area (Å²) in [4.78, 5) is 0. The number of hydroxylamine groups is 1. The minimum absolute atomic E-state index is 0.330. The molecule has 3 N–H and O–H groups in total. The second-order valence-corrected chi connectivity index (χ2v) is 2.91. The molecule has 0 unspecified atom stereocenters. The lowest BCUT2D eigenvalue weighted by atomic mass is 10.1. The molecule has 1 aromatic carbocycles. The molecule has 0 aliphatic rings. The van der Waals surface area contributed by atoms with Crippen molar-refractivity contribution in [2.75, 3.05) is 0 Å². The van der Waals surface area contributed by atoms with Crippen LogP contribution in [0.15, 0.2) is 12.1 Å². The summed E-state index contributed by atoms with van der Waals surface area (Å²) in [6.07, 6.45) is 0. The van der Waals surface area contributed by atoms with Crippen molar-refractivity contribution >= 4 is 0 Å². The van der Waals surface area contributed by atoms with Gasteiger partial charge in [0.2, 0.25) is 0 Å². The van der Waals surface area contributed by atoms with Crippen LogP contribution in [0.1, 0.15) is 16.7 Å². The van der Waals surface area contributed by atoms with Crippen molar-refractivity contribution in [3.8, 4) is 5.75 Å². The summed E-state index contributed by atoms with van der Waals surface area (Å²) in [7, 11) is 0. The summed E-state index contributed by atoms with van der Waals surface area (Å²) in [5.41, 5.74) is 4.71. The lowest BCUT2D eigenvalue weighted by molar-refractivity contribution is 0.161. The summed E-state index contributed by atoms with van der Waals surface area (Å²) in [6, 6.07) is 3.68. The van der Waals surface area contributed by atoms with Gasteiger partial charge in [0.15, 0.2) is 0 Å². The van der Waals surface area contributed by atoms with E-state index in [9.17, 15) is 5.11 Å². The van der Waals surface area contributed by atoms with Crippen LogP contribution in [0.2, 0.25) is 0 Å². The number of rotatable bonds is 2. The van der Waals surface area contributed by atoms with E-state index < -0.39 is 0 Å². The average molecular weight is 167 g/mol. The van der Waals surface area contributed by atoms with Crippen molar-refractivity contribution in [1.29, 1.82) is 0 Å². The molecule has 3 heteroatoms. The third-order valence-corrected chi connectivity index (χ3v) is 1.83. The van der Waals surface area contributed by atoms with Gasteiger partial charge in [0.05, 0.1) is 0 Å². The maximum Gasteiger partial charge on any atom is 0.121 e. The number of phenols is 1. The van der Waals surface area contributed by atoms with Crippen LogP contribution in [0, 0.1) is 13.8 Å². The summed E-state index contributed by atoms with van der Waals surface area (Å²) >= 11 is 0. The normalized spacial score (nSPS) is 10.2. The Morgan fingerprint density at radius 1 is 1.25 bits per heavy atom. The predicted octanol–water partition coefficient (Wildman–Crippen LogP) is 1.49. The summed E-state index contributed by atoms with van der Waals surface area (Å²) in [5, 5.41) is 17.9. The van der Waals surface area contributed by atoms with Gasteiger partial charge >= 0.3 is 0 Å². The highest BCUT2D eigenvalue weighted by molar-refractivity contribution is 5.41. The van der Waals surface area contributed by atoms with Crippen LogP contribution in [0.5, 0.6) is 5.75 Å². The van der Waals surface area contributed by atoms with Gasteiger partial charge in [0, 0.05) is 6.54 Å². The van der Waals surface area contributed by atoms with Crippen LogP contribution in [-0.4, -0.2) is 10.3 Å². The van der Waals surface area contributed by atoms with Crippen molar-refractivity contribution in [1.82, 2.24) is 5.48 Å². The molecule has 0 aromatic heterocycles. The molecule has 0 saturated heterocycles. The molecule has 0 spiro atoms. The second-order valence-electron chi connectivity index (χ2n) is 2.91. The van der Waals surface area contributed by atoms with E-state index in [0.29, 0.717) is 12.3 Å². The number of aromatic hydroxyl groups is 1. The molecule has 12 heavy (non-hydrogen) atoms. The summed E-state index contributed by atoms with van der Waals surface area (Å²) < 4.78 is 0. The van der Waals surface area contributed by atoms with Gasteiger partial charge in [0.1, 0.15) is 5.75 Å². The Morgan fingerprint density at radius 3 is 2.17 bits per heavy atom. The van der Waals surface area contributed by atoms with Gasteiger partial charge in [-0.05, 0) is 30.5 Å². The summed E-state index contributed by atoms with van der Waals surface area (Å²) in [6.45, 7) is 4.08. The first-order chi connectivity index (χ1) is 5.65. The molecule has 66 valence electrons. The van der Waals surface area contributed by atoms with Crippen molar-refractivity contribution in [3.63, 3.8) is 0 Å². The van der Waals surface area contributed by atoms with E-state index in [1.54, 1.807) is 0 Å². The zero-order chi connectivity index (χ0) is 9.14. The molecule has 0 bridgehead atoms. The van der Waals surface area contributed by atoms with Crippen LogP contribution in [-0.2, 0) is 6.54 Å². The quantitative estimate of drug-likeness (QED) is 0.585. The highest BCUT2D eigenvalue weighted by atomic mass is 16.5. The number of aryl methyl sites for hydroxylation is 2. The highest BCUT2D eigenvalue weighted by Gasteiger charge is 2.02. The highest BCUT2D eigenvalue weighted by Crippen LogP contribution is 2.22. The molecule has 1 rings (SSSR count). The monoisotopic (exact) mass is 167 g/mol.